The summed E-state index contributed by atoms with van der Waals surface area (Å²) in [6, 6.07) is 6.13. The van der Waals surface area contributed by atoms with Gasteiger partial charge in [-0.15, -0.1) is 0 Å². The van der Waals surface area contributed by atoms with E-state index in [1.807, 2.05) is 13.0 Å². The molecule has 2 heteroatoms. The first-order valence-corrected chi connectivity index (χ1v) is 5.30. The van der Waals surface area contributed by atoms with E-state index in [0.29, 0.717) is 0 Å². The Morgan fingerprint density at radius 1 is 1.47 bits per heavy atom. The maximum Gasteiger partial charge on any atom is 0.0666 e. The third kappa shape index (κ3) is 2.34. The van der Waals surface area contributed by atoms with Crippen molar-refractivity contribution in [3.8, 4) is 0 Å². The Kier molecular flexibility index (Phi) is 2.97. The van der Waals surface area contributed by atoms with Crippen molar-refractivity contribution in [1.29, 1.82) is 0 Å². The fourth-order valence-electron chi connectivity index (χ4n) is 1.71. The minimum atomic E-state index is 0.953. The molecule has 0 bridgehead atoms. The molecule has 1 aliphatic heterocycles. The van der Waals surface area contributed by atoms with Crippen LogP contribution in [0.25, 0.3) is 11.1 Å². The molecule has 0 saturated carbocycles. The summed E-state index contributed by atoms with van der Waals surface area (Å²) in [6.07, 6.45) is 3.28. The standard InChI is InChI=1S/C13H16N2/c1-10(2)12-4-3-5-13(15-12)11-6-8-14-9-7-11/h3-6,14H,1,7-9H2,2H3. The molecule has 0 unspecified atom stereocenters. The second-order valence-corrected chi connectivity index (χ2v) is 3.87. The zero-order valence-corrected chi connectivity index (χ0v) is 9.09. The molecular weight excluding hydrogens is 184 g/mol. The Labute approximate surface area is 90.7 Å². The van der Waals surface area contributed by atoms with Crippen LogP contribution >= 0.6 is 0 Å². The molecular formula is C13H16N2. The Balaban J connectivity index is 2.31. The van der Waals surface area contributed by atoms with E-state index in [2.05, 4.69) is 35.1 Å². The van der Waals surface area contributed by atoms with Gasteiger partial charge in [0.1, 0.15) is 0 Å². The first-order valence-electron chi connectivity index (χ1n) is 5.30. The zero-order chi connectivity index (χ0) is 10.7. The Hall–Kier alpha value is -1.41. The van der Waals surface area contributed by atoms with Crippen molar-refractivity contribution in [3.63, 3.8) is 0 Å². The number of nitrogens with zero attached hydrogens (tertiary/aromatic N) is 1. The molecule has 1 aromatic rings. The molecule has 0 atom stereocenters. The molecule has 15 heavy (non-hydrogen) atoms. The molecule has 0 radical (unpaired) electrons. The second-order valence-electron chi connectivity index (χ2n) is 3.87. The normalized spacial score (nSPS) is 15.9. The van der Waals surface area contributed by atoms with E-state index in [1.54, 1.807) is 0 Å². The highest BCUT2D eigenvalue weighted by Gasteiger charge is 2.07. The summed E-state index contributed by atoms with van der Waals surface area (Å²) >= 11 is 0. The summed E-state index contributed by atoms with van der Waals surface area (Å²) in [5, 5.41) is 3.30. The van der Waals surface area contributed by atoms with E-state index in [9.17, 15) is 0 Å². The molecule has 0 saturated heterocycles. The molecule has 2 rings (SSSR count). The first-order chi connectivity index (χ1) is 7.27. The van der Waals surface area contributed by atoms with Crippen LogP contribution in [0.15, 0.2) is 30.9 Å². The molecule has 2 nitrogen and oxygen atoms in total. The average Bonchev–Trinajstić information content (AvgIpc) is 2.30. The summed E-state index contributed by atoms with van der Waals surface area (Å²) in [5.41, 5.74) is 4.45. The lowest BCUT2D eigenvalue weighted by molar-refractivity contribution is 0.737. The quantitative estimate of drug-likeness (QED) is 0.793. The largest absolute Gasteiger partial charge is 0.313 e. The van der Waals surface area contributed by atoms with Gasteiger partial charge in [-0.1, -0.05) is 18.7 Å². The molecule has 1 aromatic heterocycles. The van der Waals surface area contributed by atoms with E-state index in [4.69, 9.17) is 0 Å². The minimum absolute atomic E-state index is 0.953. The van der Waals surface area contributed by atoms with Gasteiger partial charge in [-0.3, -0.25) is 0 Å². The molecule has 78 valence electrons. The van der Waals surface area contributed by atoms with Crippen LogP contribution in [0.4, 0.5) is 0 Å². The third-order valence-electron chi connectivity index (χ3n) is 2.58. The zero-order valence-electron chi connectivity index (χ0n) is 9.09. The molecule has 0 aliphatic carbocycles. The van der Waals surface area contributed by atoms with Crippen molar-refractivity contribution in [1.82, 2.24) is 10.3 Å². The second kappa shape index (κ2) is 4.41. The highest BCUT2D eigenvalue weighted by atomic mass is 14.9. The Morgan fingerprint density at radius 2 is 2.33 bits per heavy atom. The number of nitrogens with one attached hydrogen (secondary N) is 1. The highest BCUT2D eigenvalue weighted by Crippen LogP contribution is 2.19. The number of hydrogen-bond donors (Lipinski definition) is 1. The lowest BCUT2D eigenvalue weighted by atomic mass is 10.0. The summed E-state index contributed by atoms with van der Waals surface area (Å²) in [5.74, 6) is 0. The highest BCUT2D eigenvalue weighted by molar-refractivity contribution is 5.66. The number of aromatic nitrogens is 1. The van der Waals surface area contributed by atoms with Gasteiger partial charge < -0.3 is 5.32 Å². The van der Waals surface area contributed by atoms with Crippen molar-refractivity contribution >= 4 is 11.1 Å². The van der Waals surface area contributed by atoms with E-state index in [0.717, 1.165) is 36.5 Å². The van der Waals surface area contributed by atoms with Gasteiger partial charge in [0, 0.05) is 6.54 Å². The summed E-state index contributed by atoms with van der Waals surface area (Å²) in [4.78, 5) is 4.60. The smallest absolute Gasteiger partial charge is 0.0666 e. The molecule has 0 amide bonds. The number of hydrogen-bond acceptors (Lipinski definition) is 2. The van der Waals surface area contributed by atoms with E-state index >= 15 is 0 Å². The maximum absolute atomic E-state index is 4.60. The topological polar surface area (TPSA) is 24.9 Å². The van der Waals surface area contributed by atoms with Crippen LogP contribution in [0.2, 0.25) is 0 Å². The third-order valence-corrected chi connectivity index (χ3v) is 2.58. The fraction of sp³-hybridized carbons (Fsp3) is 0.308. The lowest BCUT2D eigenvalue weighted by Gasteiger charge is -2.14. The average molecular weight is 200 g/mol. The van der Waals surface area contributed by atoms with Crippen LogP contribution in [0.3, 0.4) is 0 Å². The van der Waals surface area contributed by atoms with Gasteiger partial charge in [-0.2, -0.15) is 0 Å². The predicted molar refractivity (Wildman–Crippen MR) is 64.4 cm³/mol. The summed E-state index contributed by atoms with van der Waals surface area (Å²) < 4.78 is 0. The van der Waals surface area contributed by atoms with Gasteiger partial charge in [0.2, 0.25) is 0 Å². The van der Waals surface area contributed by atoms with Gasteiger partial charge in [-0.25, -0.2) is 4.98 Å². The van der Waals surface area contributed by atoms with Crippen molar-refractivity contribution in [2.24, 2.45) is 0 Å². The number of rotatable bonds is 2. The van der Waals surface area contributed by atoms with Crippen LogP contribution in [-0.2, 0) is 0 Å². The summed E-state index contributed by atoms with van der Waals surface area (Å²) in [6.45, 7) is 7.91. The van der Waals surface area contributed by atoms with Gasteiger partial charge >= 0.3 is 0 Å². The van der Waals surface area contributed by atoms with Crippen molar-refractivity contribution in [2.75, 3.05) is 13.1 Å². The minimum Gasteiger partial charge on any atom is -0.313 e. The van der Waals surface area contributed by atoms with Crippen LogP contribution in [0.1, 0.15) is 24.7 Å². The predicted octanol–water partition coefficient (Wildman–Crippen LogP) is 2.49. The SMILES string of the molecule is C=C(C)c1cccc(C2=CCNCC2)n1. The molecule has 0 spiro atoms. The number of pyridine rings is 1. The molecule has 0 aromatic carbocycles. The van der Waals surface area contributed by atoms with Gasteiger partial charge in [-0.05, 0) is 43.2 Å². The molecule has 1 aliphatic rings. The Morgan fingerprint density at radius 3 is 3.00 bits per heavy atom. The van der Waals surface area contributed by atoms with Crippen molar-refractivity contribution < 1.29 is 0 Å². The number of allylic oxidation sites excluding steroid dienone is 1. The monoisotopic (exact) mass is 200 g/mol. The summed E-state index contributed by atoms with van der Waals surface area (Å²) in [7, 11) is 0. The van der Waals surface area contributed by atoms with E-state index in [-0.39, 0.29) is 0 Å². The van der Waals surface area contributed by atoms with Crippen LogP contribution in [-0.4, -0.2) is 18.1 Å². The Bertz CT molecular complexity index is 405. The van der Waals surface area contributed by atoms with Crippen LogP contribution in [0, 0.1) is 0 Å². The van der Waals surface area contributed by atoms with Crippen molar-refractivity contribution in [3.05, 3.63) is 42.2 Å². The molecule has 0 fully saturated rings. The van der Waals surface area contributed by atoms with Gasteiger partial charge in [0.15, 0.2) is 0 Å². The van der Waals surface area contributed by atoms with Crippen LogP contribution in [0.5, 0.6) is 0 Å². The fourth-order valence-corrected chi connectivity index (χ4v) is 1.71. The van der Waals surface area contributed by atoms with Gasteiger partial charge in [0.25, 0.3) is 0 Å². The van der Waals surface area contributed by atoms with E-state index < -0.39 is 0 Å². The van der Waals surface area contributed by atoms with Crippen LogP contribution < -0.4 is 5.32 Å². The van der Waals surface area contributed by atoms with Gasteiger partial charge in [0.05, 0.1) is 11.4 Å². The first kappa shape index (κ1) is 10.1. The van der Waals surface area contributed by atoms with E-state index in [1.165, 1.54) is 5.57 Å². The molecule has 2 heterocycles. The van der Waals surface area contributed by atoms with Crippen molar-refractivity contribution in [2.45, 2.75) is 13.3 Å². The molecule has 1 N–H and O–H groups in total. The maximum atomic E-state index is 4.60. The lowest BCUT2D eigenvalue weighted by Crippen LogP contribution is -2.20.